The number of benzene rings is 3. The van der Waals surface area contributed by atoms with Crippen LogP contribution in [0.15, 0.2) is 77.3 Å². The number of carboxylic acids is 1. The standard InChI is InChI=1S/C30H28N2O6/c1-18-26(31-29(35)37-19(2)24-6-4-5-7-25(24)36-3)27(38-32-18)22-10-8-20(9-11-22)21-12-14-23(15-13-21)30(16-17-30)28(33)34/h4-15,19H,16-17H2,1-3H3,(H,31,35)(H,33,34). The van der Waals surface area contributed by atoms with Gasteiger partial charge in [0.2, 0.25) is 0 Å². The van der Waals surface area contributed by atoms with Gasteiger partial charge in [0.1, 0.15) is 23.2 Å². The number of aliphatic carboxylic acids is 1. The first-order valence-corrected chi connectivity index (χ1v) is 12.3. The molecule has 8 nitrogen and oxygen atoms in total. The Kier molecular flexibility index (Phi) is 6.63. The van der Waals surface area contributed by atoms with Crippen LogP contribution in [0.2, 0.25) is 0 Å². The molecule has 1 fully saturated rings. The highest BCUT2D eigenvalue weighted by atomic mass is 16.6. The Bertz CT molecular complexity index is 1470. The van der Waals surface area contributed by atoms with E-state index in [1.54, 1.807) is 21.0 Å². The van der Waals surface area contributed by atoms with Crippen molar-refractivity contribution in [1.29, 1.82) is 0 Å². The van der Waals surface area contributed by atoms with E-state index >= 15 is 0 Å². The summed E-state index contributed by atoms with van der Waals surface area (Å²) in [5.41, 5.74) is 4.51. The van der Waals surface area contributed by atoms with Crippen LogP contribution in [0.4, 0.5) is 10.5 Å². The van der Waals surface area contributed by atoms with Crippen LogP contribution in [0.5, 0.6) is 5.75 Å². The average molecular weight is 513 g/mol. The van der Waals surface area contributed by atoms with E-state index in [1.165, 1.54) is 0 Å². The van der Waals surface area contributed by atoms with E-state index in [-0.39, 0.29) is 0 Å². The lowest BCUT2D eigenvalue weighted by molar-refractivity contribution is -0.140. The van der Waals surface area contributed by atoms with Crippen molar-refractivity contribution in [2.24, 2.45) is 0 Å². The van der Waals surface area contributed by atoms with Gasteiger partial charge in [-0.05, 0) is 49.4 Å². The number of aromatic nitrogens is 1. The summed E-state index contributed by atoms with van der Waals surface area (Å²) in [6, 6.07) is 22.7. The van der Waals surface area contributed by atoms with Crippen molar-refractivity contribution in [2.45, 2.75) is 38.2 Å². The second-order valence-corrected chi connectivity index (χ2v) is 9.43. The lowest BCUT2D eigenvalue weighted by Gasteiger charge is -2.17. The van der Waals surface area contributed by atoms with Crippen LogP contribution in [0, 0.1) is 6.92 Å². The molecule has 1 unspecified atom stereocenters. The fourth-order valence-electron chi connectivity index (χ4n) is 4.62. The zero-order chi connectivity index (χ0) is 26.9. The van der Waals surface area contributed by atoms with E-state index in [4.69, 9.17) is 14.0 Å². The van der Waals surface area contributed by atoms with Crippen molar-refractivity contribution in [2.75, 3.05) is 12.4 Å². The first kappa shape index (κ1) is 25.1. The van der Waals surface area contributed by atoms with Gasteiger partial charge in [-0.1, -0.05) is 71.9 Å². The number of hydrogen-bond donors (Lipinski definition) is 2. The van der Waals surface area contributed by atoms with Crippen LogP contribution in [0.1, 0.15) is 42.7 Å². The van der Waals surface area contributed by atoms with E-state index < -0.39 is 23.6 Å². The Morgan fingerprint density at radius 1 is 0.974 bits per heavy atom. The van der Waals surface area contributed by atoms with Crippen LogP contribution >= 0.6 is 0 Å². The van der Waals surface area contributed by atoms with Gasteiger partial charge in [0.25, 0.3) is 0 Å². The van der Waals surface area contributed by atoms with Gasteiger partial charge in [0.15, 0.2) is 5.76 Å². The maximum absolute atomic E-state index is 12.7. The highest BCUT2D eigenvalue weighted by Crippen LogP contribution is 2.48. The van der Waals surface area contributed by atoms with Gasteiger partial charge < -0.3 is 19.1 Å². The Hall–Kier alpha value is -4.59. The van der Waals surface area contributed by atoms with Crippen molar-refractivity contribution in [3.63, 3.8) is 0 Å². The molecular weight excluding hydrogens is 484 g/mol. The Balaban J connectivity index is 1.30. The largest absolute Gasteiger partial charge is 0.496 e. The van der Waals surface area contributed by atoms with Gasteiger partial charge >= 0.3 is 12.1 Å². The molecule has 8 heteroatoms. The fourth-order valence-corrected chi connectivity index (χ4v) is 4.62. The first-order valence-electron chi connectivity index (χ1n) is 12.3. The molecule has 0 aliphatic heterocycles. The van der Waals surface area contributed by atoms with Gasteiger partial charge in [-0.3, -0.25) is 10.1 Å². The monoisotopic (exact) mass is 512 g/mol. The minimum atomic E-state index is -0.764. The molecule has 4 aromatic rings. The Morgan fingerprint density at radius 3 is 2.18 bits per heavy atom. The van der Waals surface area contributed by atoms with Crippen LogP contribution in [0.25, 0.3) is 22.5 Å². The number of ether oxygens (including phenoxy) is 2. The number of nitrogens with one attached hydrogen (secondary N) is 1. The van der Waals surface area contributed by atoms with Crippen LogP contribution in [0.3, 0.4) is 0 Å². The zero-order valence-corrected chi connectivity index (χ0v) is 21.4. The van der Waals surface area contributed by atoms with Gasteiger partial charge in [0, 0.05) is 11.1 Å². The number of methoxy groups -OCH3 is 1. The van der Waals surface area contributed by atoms with Gasteiger partial charge in [0.05, 0.1) is 12.5 Å². The molecule has 1 saturated carbocycles. The molecule has 38 heavy (non-hydrogen) atoms. The van der Waals surface area contributed by atoms with Gasteiger partial charge in [-0.15, -0.1) is 0 Å². The van der Waals surface area contributed by atoms with E-state index in [2.05, 4.69) is 10.5 Å². The predicted molar refractivity (Wildman–Crippen MR) is 142 cm³/mol. The van der Waals surface area contributed by atoms with Crippen molar-refractivity contribution >= 4 is 17.7 Å². The normalized spacial score (nSPS) is 14.4. The van der Waals surface area contributed by atoms with Gasteiger partial charge in [-0.25, -0.2) is 4.79 Å². The highest BCUT2D eigenvalue weighted by molar-refractivity contribution is 5.91. The third kappa shape index (κ3) is 4.72. The number of hydrogen-bond acceptors (Lipinski definition) is 6. The second-order valence-electron chi connectivity index (χ2n) is 9.43. The molecule has 3 aromatic carbocycles. The number of aryl methyl sites for hydroxylation is 1. The van der Waals surface area contributed by atoms with Gasteiger partial charge in [-0.2, -0.15) is 0 Å². The molecule has 1 aromatic heterocycles. The number of para-hydroxylation sites is 1. The molecule has 0 radical (unpaired) electrons. The lowest BCUT2D eigenvalue weighted by atomic mass is 9.93. The average Bonchev–Trinajstić information content (AvgIpc) is 3.68. The molecule has 5 rings (SSSR count). The first-order chi connectivity index (χ1) is 18.3. The number of carbonyl (C=O) groups excluding carboxylic acids is 1. The molecule has 194 valence electrons. The topological polar surface area (TPSA) is 111 Å². The Morgan fingerprint density at radius 2 is 1.58 bits per heavy atom. The summed E-state index contributed by atoms with van der Waals surface area (Å²) in [5.74, 6) is 0.293. The summed E-state index contributed by atoms with van der Waals surface area (Å²) in [5, 5.41) is 16.3. The van der Waals surface area contributed by atoms with E-state index in [1.807, 2.05) is 72.8 Å². The summed E-state index contributed by atoms with van der Waals surface area (Å²) < 4.78 is 16.5. The van der Waals surface area contributed by atoms with E-state index in [9.17, 15) is 14.7 Å². The summed E-state index contributed by atoms with van der Waals surface area (Å²) in [4.78, 5) is 24.3. The third-order valence-corrected chi connectivity index (χ3v) is 7.03. The lowest BCUT2D eigenvalue weighted by Crippen LogP contribution is -2.19. The molecule has 0 bridgehead atoms. The van der Waals surface area contributed by atoms with Crippen LogP contribution in [-0.4, -0.2) is 29.4 Å². The van der Waals surface area contributed by atoms with Crippen LogP contribution in [-0.2, 0) is 14.9 Å². The fraction of sp³-hybridized carbons (Fsp3) is 0.233. The van der Waals surface area contributed by atoms with E-state index in [0.29, 0.717) is 35.7 Å². The minimum absolute atomic E-state index is 0.420. The number of carbonyl (C=O) groups is 2. The predicted octanol–water partition coefficient (Wildman–Crippen LogP) is 6.75. The van der Waals surface area contributed by atoms with Crippen molar-refractivity contribution < 1.29 is 28.7 Å². The second kappa shape index (κ2) is 10.0. The number of rotatable bonds is 8. The molecule has 1 amide bonds. The molecule has 1 aliphatic carbocycles. The molecule has 1 heterocycles. The number of nitrogens with zero attached hydrogens (tertiary/aromatic N) is 1. The molecule has 0 spiro atoms. The summed E-state index contributed by atoms with van der Waals surface area (Å²) >= 11 is 0. The smallest absolute Gasteiger partial charge is 0.412 e. The molecule has 0 saturated heterocycles. The van der Waals surface area contributed by atoms with Crippen molar-refractivity contribution in [1.82, 2.24) is 5.16 Å². The molecule has 1 atom stereocenters. The maximum atomic E-state index is 12.7. The quantitative estimate of drug-likeness (QED) is 0.269. The zero-order valence-electron chi connectivity index (χ0n) is 21.4. The van der Waals surface area contributed by atoms with E-state index in [0.717, 1.165) is 27.8 Å². The van der Waals surface area contributed by atoms with Crippen molar-refractivity contribution in [3.05, 3.63) is 89.6 Å². The maximum Gasteiger partial charge on any atom is 0.412 e. The summed E-state index contributed by atoms with van der Waals surface area (Å²) in [6.07, 6.45) is 0.181. The highest BCUT2D eigenvalue weighted by Gasteiger charge is 2.51. The SMILES string of the molecule is COc1ccccc1C(C)OC(=O)Nc1c(C)noc1-c1ccc(-c2ccc(C3(C(=O)O)CC3)cc2)cc1. The minimum Gasteiger partial charge on any atom is -0.496 e. The van der Waals surface area contributed by atoms with Crippen LogP contribution < -0.4 is 10.1 Å². The van der Waals surface area contributed by atoms with Crippen molar-refractivity contribution in [3.8, 4) is 28.2 Å². The third-order valence-electron chi connectivity index (χ3n) is 7.03. The summed E-state index contributed by atoms with van der Waals surface area (Å²) in [7, 11) is 1.57. The number of amides is 1. The number of carboxylic acid groups (broad SMARTS) is 1. The summed E-state index contributed by atoms with van der Waals surface area (Å²) in [6.45, 7) is 3.52. The molecule has 1 aliphatic rings. The Labute approximate surface area is 220 Å². The molecule has 2 N–H and O–H groups in total. The number of anilines is 1. The molecular formula is C30H28N2O6.